The summed E-state index contributed by atoms with van der Waals surface area (Å²) < 4.78 is 28.0. The summed E-state index contributed by atoms with van der Waals surface area (Å²) in [5.41, 5.74) is 2.11. The van der Waals surface area contributed by atoms with E-state index in [1.807, 2.05) is 30.3 Å². The highest BCUT2D eigenvalue weighted by Gasteiger charge is 2.27. The smallest absolute Gasteiger partial charge is 0.250 e. The van der Waals surface area contributed by atoms with Crippen LogP contribution >= 0.6 is 22.9 Å². The van der Waals surface area contributed by atoms with Crippen molar-refractivity contribution in [2.45, 2.75) is 23.6 Å². The third-order valence-corrected chi connectivity index (χ3v) is 7.46. The first-order chi connectivity index (χ1) is 13.4. The van der Waals surface area contributed by atoms with E-state index in [-0.39, 0.29) is 10.6 Å². The molecule has 3 aromatic rings. The fourth-order valence-electron chi connectivity index (χ4n) is 2.66. The van der Waals surface area contributed by atoms with E-state index in [2.05, 4.69) is 10.0 Å². The molecule has 0 aliphatic carbocycles. The third-order valence-electron chi connectivity index (χ3n) is 4.18. The predicted octanol–water partition coefficient (Wildman–Crippen LogP) is 4.24. The van der Waals surface area contributed by atoms with Crippen molar-refractivity contribution in [1.82, 2.24) is 4.72 Å². The third kappa shape index (κ3) is 4.99. The summed E-state index contributed by atoms with van der Waals surface area (Å²) in [5.74, 6) is -0.450. The highest BCUT2D eigenvalue weighted by molar-refractivity contribution is 7.91. The molecule has 1 heterocycles. The van der Waals surface area contributed by atoms with Crippen LogP contribution in [0.15, 0.2) is 70.3 Å². The van der Waals surface area contributed by atoms with Crippen LogP contribution in [-0.2, 0) is 21.2 Å². The maximum Gasteiger partial charge on any atom is 0.250 e. The van der Waals surface area contributed by atoms with Crippen molar-refractivity contribution in [3.63, 3.8) is 0 Å². The number of amides is 1. The number of rotatable bonds is 7. The van der Waals surface area contributed by atoms with E-state index in [1.54, 1.807) is 36.6 Å². The van der Waals surface area contributed by atoms with Crippen molar-refractivity contribution in [2.75, 3.05) is 5.32 Å². The molecule has 0 aliphatic heterocycles. The lowest BCUT2D eigenvalue weighted by molar-refractivity contribution is -0.117. The molecule has 8 heteroatoms. The van der Waals surface area contributed by atoms with Gasteiger partial charge in [0.25, 0.3) is 10.0 Å². The van der Waals surface area contributed by atoms with Gasteiger partial charge >= 0.3 is 0 Å². The summed E-state index contributed by atoms with van der Waals surface area (Å²) in [6.07, 6.45) is 0.219. The molecule has 0 spiro atoms. The van der Waals surface area contributed by atoms with Crippen molar-refractivity contribution in [2.24, 2.45) is 0 Å². The van der Waals surface area contributed by atoms with Gasteiger partial charge in [0.15, 0.2) is 0 Å². The van der Waals surface area contributed by atoms with Crippen molar-refractivity contribution in [3.05, 3.63) is 82.2 Å². The van der Waals surface area contributed by atoms with Crippen LogP contribution in [-0.4, -0.2) is 20.4 Å². The summed E-state index contributed by atoms with van der Waals surface area (Å²) in [5, 5.41) is 4.99. The molecule has 2 aromatic carbocycles. The van der Waals surface area contributed by atoms with Gasteiger partial charge in [0.2, 0.25) is 5.91 Å². The molecule has 0 fully saturated rings. The van der Waals surface area contributed by atoms with Gasteiger partial charge in [-0.2, -0.15) is 4.72 Å². The Hall–Kier alpha value is -2.19. The minimum atomic E-state index is -3.81. The van der Waals surface area contributed by atoms with Gasteiger partial charge in [-0.05, 0) is 48.1 Å². The Morgan fingerprint density at radius 3 is 2.50 bits per heavy atom. The number of hydrogen-bond donors (Lipinski definition) is 2. The maximum absolute atomic E-state index is 13.0. The Labute approximate surface area is 173 Å². The molecule has 1 aromatic heterocycles. The number of anilines is 1. The van der Waals surface area contributed by atoms with E-state index in [0.29, 0.717) is 10.7 Å². The molecule has 1 amide bonds. The molecule has 0 unspecified atom stereocenters. The minimum Gasteiger partial charge on any atom is -0.324 e. The van der Waals surface area contributed by atoms with Crippen LogP contribution in [0.4, 0.5) is 5.69 Å². The lowest BCUT2D eigenvalue weighted by Crippen LogP contribution is -2.45. The highest BCUT2D eigenvalue weighted by atomic mass is 35.5. The predicted molar refractivity (Wildman–Crippen MR) is 113 cm³/mol. The number of thiophene rings is 1. The second-order valence-corrected chi connectivity index (χ2v) is 9.49. The average molecular weight is 435 g/mol. The summed E-state index contributed by atoms with van der Waals surface area (Å²) >= 11 is 7.22. The lowest BCUT2D eigenvalue weighted by Gasteiger charge is -2.19. The molecule has 3 rings (SSSR count). The van der Waals surface area contributed by atoms with Crippen LogP contribution in [0.1, 0.15) is 11.1 Å². The molecule has 0 bridgehead atoms. The van der Waals surface area contributed by atoms with Gasteiger partial charge < -0.3 is 5.32 Å². The monoisotopic (exact) mass is 434 g/mol. The van der Waals surface area contributed by atoms with E-state index >= 15 is 0 Å². The van der Waals surface area contributed by atoms with E-state index in [9.17, 15) is 13.2 Å². The molecule has 28 heavy (non-hydrogen) atoms. The van der Waals surface area contributed by atoms with E-state index in [4.69, 9.17) is 11.6 Å². The van der Waals surface area contributed by atoms with Gasteiger partial charge in [-0.1, -0.05) is 54.1 Å². The topological polar surface area (TPSA) is 75.3 Å². The molecule has 0 aliphatic rings. The van der Waals surface area contributed by atoms with Crippen LogP contribution in [0.3, 0.4) is 0 Å². The van der Waals surface area contributed by atoms with E-state index < -0.39 is 22.0 Å². The summed E-state index contributed by atoms with van der Waals surface area (Å²) in [6.45, 7) is 1.79. The van der Waals surface area contributed by atoms with Gasteiger partial charge in [0.1, 0.15) is 10.3 Å². The van der Waals surface area contributed by atoms with Gasteiger partial charge in [0, 0.05) is 10.7 Å². The SMILES string of the molecule is Cc1c(Cl)cccc1NC(=O)[C@H](Cc1ccccc1)NS(=O)(=O)c1cccs1. The molecular weight excluding hydrogens is 416 g/mol. The molecule has 1 atom stereocenters. The van der Waals surface area contributed by atoms with Crippen LogP contribution in [0.25, 0.3) is 0 Å². The standard InChI is InChI=1S/C20H19ClN2O3S2/c1-14-16(21)9-5-10-17(14)22-20(24)18(13-15-7-3-2-4-8-15)23-28(25,26)19-11-6-12-27-19/h2-12,18,23H,13H2,1H3,(H,22,24)/t18-/m0/s1. The fourth-order valence-corrected chi connectivity index (χ4v) is 5.04. The van der Waals surface area contributed by atoms with Crippen molar-refractivity contribution in [1.29, 1.82) is 0 Å². The largest absolute Gasteiger partial charge is 0.324 e. The summed E-state index contributed by atoms with van der Waals surface area (Å²) in [7, 11) is -3.81. The van der Waals surface area contributed by atoms with Gasteiger partial charge in [-0.3, -0.25) is 4.79 Å². The van der Waals surface area contributed by atoms with E-state index in [1.165, 1.54) is 6.07 Å². The zero-order valence-electron chi connectivity index (χ0n) is 15.1. The number of carbonyl (C=O) groups is 1. The number of hydrogen-bond acceptors (Lipinski definition) is 4. The molecule has 0 saturated carbocycles. The highest BCUT2D eigenvalue weighted by Crippen LogP contribution is 2.23. The second-order valence-electron chi connectivity index (χ2n) is 6.20. The summed E-state index contributed by atoms with van der Waals surface area (Å²) in [4.78, 5) is 13.0. The molecule has 146 valence electrons. The minimum absolute atomic E-state index is 0.164. The average Bonchev–Trinajstić information content (AvgIpc) is 3.21. The van der Waals surface area contributed by atoms with Crippen LogP contribution < -0.4 is 10.0 Å². The zero-order valence-corrected chi connectivity index (χ0v) is 17.4. The second kappa shape index (κ2) is 8.87. The zero-order chi connectivity index (χ0) is 20.1. The number of halogens is 1. The number of benzene rings is 2. The van der Waals surface area contributed by atoms with Gasteiger partial charge in [-0.15, -0.1) is 11.3 Å². The quantitative estimate of drug-likeness (QED) is 0.584. The Kier molecular flexibility index (Phi) is 6.51. The normalized spacial score (nSPS) is 12.5. The Bertz CT molecular complexity index is 1050. The Morgan fingerprint density at radius 1 is 1.07 bits per heavy atom. The summed E-state index contributed by atoms with van der Waals surface area (Å²) in [6, 6.07) is 16.6. The van der Waals surface area contributed by atoms with Gasteiger partial charge in [0.05, 0.1) is 0 Å². The number of carbonyl (C=O) groups excluding carboxylic acids is 1. The van der Waals surface area contributed by atoms with Gasteiger partial charge in [-0.25, -0.2) is 8.42 Å². The molecule has 0 saturated heterocycles. The Morgan fingerprint density at radius 2 is 1.82 bits per heavy atom. The van der Waals surface area contributed by atoms with Crippen LogP contribution in [0.5, 0.6) is 0 Å². The number of nitrogens with one attached hydrogen (secondary N) is 2. The first kappa shape index (κ1) is 20.5. The molecule has 0 radical (unpaired) electrons. The molecule has 2 N–H and O–H groups in total. The maximum atomic E-state index is 13.0. The molecule has 5 nitrogen and oxygen atoms in total. The van der Waals surface area contributed by atoms with Crippen molar-refractivity contribution in [3.8, 4) is 0 Å². The Balaban J connectivity index is 1.87. The fraction of sp³-hybridized carbons (Fsp3) is 0.150. The van der Waals surface area contributed by atoms with Crippen LogP contribution in [0, 0.1) is 6.92 Å². The first-order valence-corrected chi connectivity index (χ1v) is 11.3. The lowest BCUT2D eigenvalue weighted by atomic mass is 10.1. The van der Waals surface area contributed by atoms with Crippen LogP contribution in [0.2, 0.25) is 5.02 Å². The van der Waals surface area contributed by atoms with Crippen molar-refractivity contribution < 1.29 is 13.2 Å². The van der Waals surface area contributed by atoms with E-state index in [0.717, 1.165) is 22.5 Å². The van der Waals surface area contributed by atoms with Crippen molar-refractivity contribution >= 4 is 44.6 Å². The molecular formula is C20H19ClN2O3S2. The number of sulfonamides is 1. The first-order valence-electron chi connectivity index (χ1n) is 8.52.